The van der Waals surface area contributed by atoms with E-state index in [1.165, 1.54) is 0 Å². The van der Waals surface area contributed by atoms with E-state index in [4.69, 9.17) is 19.7 Å². The molecule has 0 saturated carbocycles. The Morgan fingerprint density at radius 3 is 2.50 bits per heavy atom. The van der Waals surface area contributed by atoms with Crippen molar-refractivity contribution in [2.24, 2.45) is 0 Å². The van der Waals surface area contributed by atoms with Gasteiger partial charge in [0.2, 0.25) is 5.91 Å². The molecule has 1 amide bonds. The van der Waals surface area contributed by atoms with Gasteiger partial charge >= 0.3 is 12.1 Å². The standard InChI is InChI=1S/C15H21N3O3.C2HF3O2/c19-11-15(20)17-6-3-13-14(4-7-17)21-9-8-18(13)12-2-1-5-16-10-12;3-2(4,5)1(6)7/h1-2,5,10,13-14,19H,3-4,6-9,11H2;(H,6,7). The molecule has 2 atom stereocenters. The number of carboxylic acids is 1. The van der Waals surface area contributed by atoms with Crippen molar-refractivity contribution in [1.82, 2.24) is 9.88 Å². The maximum atomic E-state index is 11.7. The molecule has 156 valence electrons. The summed E-state index contributed by atoms with van der Waals surface area (Å²) >= 11 is 0. The normalized spacial score (nSPS) is 22.4. The molecular formula is C17H22F3N3O5. The number of fused-ring (bicyclic) bond motifs is 1. The fourth-order valence-corrected chi connectivity index (χ4v) is 3.27. The molecule has 28 heavy (non-hydrogen) atoms. The molecule has 2 aliphatic heterocycles. The quantitative estimate of drug-likeness (QED) is 0.754. The molecule has 2 saturated heterocycles. The van der Waals surface area contributed by atoms with Crippen LogP contribution in [0.25, 0.3) is 0 Å². The first-order chi connectivity index (χ1) is 13.2. The van der Waals surface area contributed by atoms with E-state index < -0.39 is 18.8 Å². The molecule has 0 radical (unpaired) electrons. The Morgan fingerprint density at radius 1 is 1.25 bits per heavy atom. The molecule has 8 nitrogen and oxygen atoms in total. The van der Waals surface area contributed by atoms with E-state index in [9.17, 15) is 18.0 Å². The highest BCUT2D eigenvalue weighted by Crippen LogP contribution is 2.28. The Balaban J connectivity index is 0.000000345. The third kappa shape index (κ3) is 5.80. The van der Waals surface area contributed by atoms with Crippen LogP contribution >= 0.6 is 0 Å². The van der Waals surface area contributed by atoms with Crippen LogP contribution < -0.4 is 4.90 Å². The Kier molecular flexibility index (Phi) is 7.58. The Hall–Kier alpha value is -2.40. The molecule has 1 aromatic rings. The minimum atomic E-state index is -5.08. The van der Waals surface area contributed by atoms with Crippen LogP contribution in [-0.4, -0.2) is 83.1 Å². The number of anilines is 1. The van der Waals surface area contributed by atoms with Crippen LogP contribution in [-0.2, 0) is 14.3 Å². The van der Waals surface area contributed by atoms with Gasteiger partial charge in [0.25, 0.3) is 0 Å². The molecule has 0 bridgehead atoms. The number of ether oxygens (including phenoxy) is 1. The summed E-state index contributed by atoms with van der Waals surface area (Å²) in [5, 5.41) is 16.2. The predicted octanol–water partition coefficient (Wildman–Crippen LogP) is 0.903. The van der Waals surface area contributed by atoms with E-state index in [-0.39, 0.29) is 18.1 Å². The van der Waals surface area contributed by atoms with Crippen molar-refractivity contribution < 1.29 is 37.7 Å². The number of rotatable bonds is 2. The minimum Gasteiger partial charge on any atom is -0.475 e. The molecule has 0 aliphatic carbocycles. The van der Waals surface area contributed by atoms with E-state index in [1.54, 1.807) is 11.1 Å². The molecule has 0 spiro atoms. The maximum Gasteiger partial charge on any atom is 0.490 e. The zero-order chi connectivity index (χ0) is 20.7. The lowest BCUT2D eigenvalue weighted by Crippen LogP contribution is -2.51. The molecule has 0 aromatic carbocycles. The number of aliphatic hydroxyl groups excluding tert-OH is 1. The van der Waals surface area contributed by atoms with Gasteiger partial charge in [-0.25, -0.2) is 4.79 Å². The summed E-state index contributed by atoms with van der Waals surface area (Å²) in [5.41, 5.74) is 1.11. The van der Waals surface area contributed by atoms with Crippen molar-refractivity contribution >= 4 is 17.6 Å². The van der Waals surface area contributed by atoms with Crippen molar-refractivity contribution in [3.05, 3.63) is 24.5 Å². The highest BCUT2D eigenvalue weighted by atomic mass is 19.4. The summed E-state index contributed by atoms with van der Waals surface area (Å²) in [7, 11) is 0. The van der Waals surface area contributed by atoms with Crippen molar-refractivity contribution in [2.75, 3.05) is 37.7 Å². The fourth-order valence-electron chi connectivity index (χ4n) is 3.27. The van der Waals surface area contributed by atoms with Gasteiger partial charge in [0.1, 0.15) is 6.61 Å². The number of carbonyl (C=O) groups excluding carboxylic acids is 1. The van der Waals surface area contributed by atoms with Gasteiger partial charge < -0.3 is 24.7 Å². The van der Waals surface area contributed by atoms with Gasteiger partial charge in [-0.3, -0.25) is 9.78 Å². The summed E-state index contributed by atoms with van der Waals surface area (Å²) in [6.45, 7) is 2.45. The number of carbonyl (C=O) groups is 2. The highest BCUT2D eigenvalue weighted by molar-refractivity contribution is 5.77. The Bertz CT molecular complexity index is 659. The second-order valence-electron chi connectivity index (χ2n) is 6.30. The first kappa shape index (κ1) is 21.9. The lowest BCUT2D eigenvalue weighted by atomic mass is 10.0. The van der Waals surface area contributed by atoms with Crippen LogP contribution in [0.5, 0.6) is 0 Å². The number of hydrogen-bond donors (Lipinski definition) is 2. The number of pyridine rings is 1. The van der Waals surface area contributed by atoms with Crippen molar-refractivity contribution in [3.63, 3.8) is 0 Å². The summed E-state index contributed by atoms with van der Waals surface area (Å²) in [5.74, 6) is -2.95. The number of alkyl halides is 3. The van der Waals surface area contributed by atoms with E-state index in [0.29, 0.717) is 19.7 Å². The van der Waals surface area contributed by atoms with E-state index in [0.717, 1.165) is 25.1 Å². The molecule has 1 aromatic heterocycles. The number of aromatic nitrogens is 1. The van der Waals surface area contributed by atoms with E-state index in [1.807, 2.05) is 12.3 Å². The van der Waals surface area contributed by atoms with Crippen LogP contribution in [0.3, 0.4) is 0 Å². The third-order valence-electron chi connectivity index (χ3n) is 4.58. The SMILES string of the molecule is O=C(CO)N1CCC2OCCN(c3cccnc3)C2CC1.O=C(O)C(F)(F)F. The van der Waals surface area contributed by atoms with Gasteiger partial charge in [0.15, 0.2) is 0 Å². The van der Waals surface area contributed by atoms with E-state index >= 15 is 0 Å². The molecule has 2 N–H and O–H groups in total. The number of likely N-dealkylation sites (tertiary alicyclic amines) is 1. The molecule has 2 aliphatic rings. The fraction of sp³-hybridized carbons (Fsp3) is 0.588. The van der Waals surface area contributed by atoms with Gasteiger partial charge in [-0.2, -0.15) is 13.2 Å². The van der Waals surface area contributed by atoms with Crippen molar-refractivity contribution in [1.29, 1.82) is 0 Å². The predicted molar refractivity (Wildman–Crippen MR) is 91.7 cm³/mol. The van der Waals surface area contributed by atoms with Gasteiger partial charge in [0, 0.05) is 25.8 Å². The van der Waals surface area contributed by atoms with Crippen LogP contribution in [0.15, 0.2) is 24.5 Å². The molecule has 2 fully saturated rings. The number of halogens is 3. The number of amides is 1. The first-order valence-corrected chi connectivity index (χ1v) is 8.71. The largest absolute Gasteiger partial charge is 0.490 e. The smallest absolute Gasteiger partial charge is 0.475 e. The van der Waals surface area contributed by atoms with Crippen LogP contribution in [0.4, 0.5) is 18.9 Å². The average molecular weight is 405 g/mol. The van der Waals surface area contributed by atoms with Crippen LogP contribution in [0.2, 0.25) is 0 Å². The first-order valence-electron chi connectivity index (χ1n) is 8.71. The number of carboxylic acid groups (broad SMARTS) is 1. The number of hydrogen-bond acceptors (Lipinski definition) is 6. The van der Waals surface area contributed by atoms with E-state index in [2.05, 4.69) is 16.0 Å². The number of aliphatic carboxylic acids is 1. The molecule has 3 rings (SSSR count). The van der Waals surface area contributed by atoms with Crippen LogP contribution in [0.1, 0.15) is 12.8 Å². The second-order valence-corrected chi connectivity index (χ2v) is 6.30. The lowest BCUT2D eigenvalue weighted by molar-refractivity contribution is -0.192. The van der Waals surface area contributed by atoms with Crippen LogP contribution in [0, 0.1) is 0 Å². The summed E-state index contributed by atoms with van der Waals surface area (Å²) in [6, 6.07) is 4.27. The maximum absolute atomic E-state index is 11.7. The zero-order valence-corrected chi connectivity index (χ0v) is 15.0. The monoisotopic (exact) mass is 405 g/mol. The highest BCUT2D eigenvalue weighted by Gasteiger charge is 2.38. The summed E-state index contributed by atoms with van der Waals surface area (Å²) in [4.78, 5) is 28.9. The summed E-state index contributed by atoms with van der Waals surface area (Å²) < 4.78 is 37.6. The third-order valence-corrected chi connectivity index (χ3v) is 4.58. The molecule has 11 heteroatoms. The number of aliphatic hydroxyl groups is 1. The van der Waals surface area contributed by atoms with Crippen molar-refractivity contribution in [3.8, 4) is 0 Å². The average Bonchev–Trinajstić information content (AvgIpc) is 2.90. The molecular weight excluding hydrogens is 383 g/mol. The summed E-state index contributed by atoms with van der Waals surface area (Å²) in [6.07, 6.45) is 0.369. The van der Waals surface area contributed by atoms with Crippen molar-refractivity contribution in [2.45, 2.75) is 31.2 Å². The second kappa shape index (κ2) is 9.69. The lowest BCUT2D eigenvalue weighted by Gasteiger charge is -2.41. The molecule has 2 unspecified atom stereocenters. The zero-order valence-electron chi connectivity index (χ0n) is 15.0. The Morgan fingerprint density at radius 2 is 1.93 bits per heavy atom. The number of nitrogens with zero attached hydrogens (tertiary/aromatic N) is 3. The number of morpholine rings is 1. The van der Waals surface area contributed by atoms with Gasteiger partial charge in [-0.15, -0.1) is 0 Å². The minimum absolute atomic E-state index is 0.135. The topological polar surface area (TPSA) is 103 Å². The van der Waals surface area contributed by atoms with Gasteiger partial charge in [0.05, 0.1) is 30.6 Å². The van der Waals surface area contributed by atoms with Gasteiger partial charge in [-0.05, 0) is 25.0 Å². The van der Waals surface area contributed by atoms with Gasteiger partial charge in [-0.1, -0.05) is 0 Å². The molecule has 3 heterocycles. The Labute approximate surface area is 159 Å².